The summed E-state index contributed by atoms with van der Waals surface area (Å²) < 4.78 is 16.6. The van der Waals surface area contributed by atoms with E-state index in [9.17, 15) is 0 Å². The number of benzene rings is 1. The number of nitrogens with zero attached hydrogens (tertiary/aromatic N) is 2. The molecule has 1 aliphatic heterocycles. The van der Waals surface area contributed by atoms with Gasteiger partial charge in [-0.05, 0) is 25.1 Å². The highest BCUT2D eigenvalue weighted by Crippen LogP contribution is 2.35. The molecule has 112 valence electrons. The number of fused-ring (bicyclic) bond motifs is 1. The highest BCUT2D eigenvalue weighted by Gasteiger charge is 2.23. The third kappa shape index (κ3) is 3.16. The van der Waals surface area contributed by atoms with Crippen LogP contribution < -0.4 is 14.8 Å². The van der Waals surface area contributed by atoms with E-state index in [1.54, 1.807) is 6.92 Å². The van der Waals surface area contributed by atoms with Crippen molar-refractivity contribution in [3.8, 4) is 11.5 Å². The Morgan fingerprint density at radius 1 is 1.38 bits per heavy atom. The Morgan fingerprint density at radius 2 is 2.29 bits per heavy atom. The Bertz CT molecular complexity index is 612. The monoisotopic (exact) mass is 289 g/mol. The zero-order valence-electron chi connectivity index (χ0n) is 12.3. The third-order valence-corrected chi connectivity index (χ3v) is 3.34. The molecule has 0 amide bonds. The number of aryl methyl sites for hydroxylation is 1. The second-order valence-corrected chi connectivity index (χ2v) is 5.02. The lowest BCUT2D eigenvalue weighted by atomic mass is 10.1. The Labute approximate surface area is 123 Å². The molecule has 0 saturated carbocycles. The van der Waals surface area contributed by atoms with E-state index in [1.165, 1.54) is 5.56 Å². The molecule has 2 heterocycles. The summed E-state index contributed by atoms with van der Waals surface area (Å²) in [6, 6.07) is 6.17. The lowest BCUT2D eigenvalue weighted by Crippen LogP contribution is -2.22. The van der Waals surface area contributed by atoms with Gasteiger partial charge in [-0.15, -0.1) is 10.2 Å². The van der Waals surface area contributed by atoms with Crippen molar-refractivity contribution in [1.29, 1.82) is 0 Å². The summed E-state index contributed by atoms with van der Waals surface area (Å²) in [5.41, 5.74) is 1.18. The van der Waals surface area contributed by atoms with Crippen LogP contribution in [0.2, 0.25) is 0 Å². The van der Waals surface area contributed by atoms with Gasteiger partial charge in [0.2, 0.25) is 5.89 Å². The van der Waals surface area contributed by atoms with Crippen LogP contribution in [0.15, 0.2) is 22.6 Å². The van der Waals surface area contributed by atoms with Gasteiger partial charge in [0.1, 0.15) is 18.1 Å². The molecule has 3 rings (SSSR count). The van der Waals surface area contributed by atoms with E-state index in [4.69, 9.17) is 13.9 Å². The summed E-state index contributed by atoms with van der Waals surface area (Å²) in [6.07, 6.45) is 1.11. The highest BCUT2D eigenvalue weighted by molar-refractivity contribution is 5.45. The van der Waals surface area contributed by atoms with Gasteiger partial charge in [-0.2, -0.15) is 0 Å². The maximum Gasteiger partial charge on any atom is 0.253 e. The molecular weight excluding hydrogens is 270 g/mol. The van der Waals surface area contributed by atoms with Crippen LogP contribution in [0.25, 0.3) is 0 Å². The minimum absolute atomic E-state index is 0.261. The van der Waals surface area contributed by atoms with E-state index in [0.29, 0.717) is 18.4 Å². The van der Waals surface area contributed by atoms with Crippen molar-refractivity contribution in [2.75, 3.05) is 13.2 Å². The molecule has 6 heteroatoms. The van der Waals surface area contributed by atoms with Crippen LogP contribution in [0.3, 0.4) is 0 Å². The molecule has 1 atom stereocenters. The van der Waals surface area contributed by atoms with E-state index in [0.717, 1.165) is 24.5 Å². The normalized spacial score (nSPS) is 16.6. The molecule has 1 unspecified atom stereocenters. The molecular formula is C15H19N3O3. The zero-order chi connectivity index (χ0) is 14.7. The number of aromatic nitrogens is 2. The van der Waals surface area contributed by atoms with Crippen molar-refractivity contribution in [2.45, 2.75) is 32.9 Å². The van der Waals surface area contributed by atoms with Gasteiger partial charge in [0, 0.05) is 18.6 Å². The second kappa shape index (κ2) is 6.13. The van der Waals surface area contributed by atoms with Gasteiger partial charge >= 0.3 is 0 Å². The number of nitrogens with one attached hydrogen (secondary N) is 1. The summed E-state index contributed by atoms with van der Waals surface area (Å²) in [4.78, 5) is 0. The molecule has 0 saturated heterocycles. The Hall–Kier alpha value is -2.08. The Kier molecular flexibility index (Phi) is 4.06. The van der Waals surface area contributed by atoms with Gasteiger partial charge in [0.15, 0.2) is 6.61 Å². The second-order valence-electron chi connectivity index (χ2n) is 5.02. The smallest absolute Gasteiger partial charge is 0.253 e. The Morgan fingerprint density at radius 3 is 3.05 bits per heavy atom. The summed E-state index contributed by atoms with van der Waals surface area (Å²) in [5.74, 6) is 2.62. The van der Waals surface area contributed by atoms with Crippen molar-refractivity contribution < 1.29 is 13.9 Å². The Balaban J connectivity index is 1.64. The molecule has 6 nitrogen and oxygen atoms in total. The average Bonchev–Trinajstić information content (AvgIpc) is 3.09. The quantitative estimate of drug-likeness (QED) is 0.880. The summed E-state index contributed by atoms with van der Waals surface area (Å²) in [6.45, 7) is 5.82. The van der Waals surface area contributed by atoms with Crippen molar-refractivity contribution in [1.82, 2.24) is 15.5 Å². The van der Waals surface area contributed by atoms with Gasteiger partial charge in [-0.1, -0.05) is 6.92 Å². The van der Waals surface area contributed by atoms with Gasteiger partial charge in [-0.3, -0.25) is 0 Å². The first-order valence-corrected chi connectivity index (χ1v) is 7.18. The largest absolute Gasteiger partial charge is 0.491 e. The summed E-state index contributed by atoms with van der Waals surface area (Å²) >= 11 is 0. The number of hydrogen-bond acceptors (Lipinski definition) is 6. The maximum absolute atomic E-state index is 5.71. The molecule has 1 aromatic heterocycles. The van der Waals surface area contributed by atoms with E-state index in [-0.39, 0.29) is 12.6 Å². The molecule has 0 spiro atoms. The molecule has 0 aliphatic carbocycles. The highest BCUT2D eigenvalue weighted by atomic mass is 16.5. The SMILES string of the molecule is CCCNC1COc2cc(OCc3nnc(C)o3)ccc21. The fourth-order valence-electron chi connectivity index (χ4n) is 2.31. The van der Waals surface area contributed by atoms with Crippen LogP contribution in [0.1, 0.15) is 36.7 Å². The molecule has 0 bridgehead atoms. The van der Waals surface area contributed by atoms with Crippen LogP contribution in [0.4, 0.5) is 0 Å². The summed E-state index contributed by atoms with van der Waals surface area (Å²) in [5, 5.41) is 11.1. The van der Waals surface area contributed by atoms with Gasteiger partial charge in [0.05, 0.1) is 6.04 Å². The van der Waals surface area contributed by atoms with Crippen LogP contribution in [0, 0.1) is 6.92 Å². The number of rotatable bonds is 6. The summed E-state index contributed by atoms with van der Waals surface area (Å²) in [7, 11) is 0. The topological polar surface area (TPSA) is 69.4 Å². The molecule has 2 aromatic rings. The van der Waals surface area contributed by atoms with E-state index >= 15 is 0 Å². The molecule has 1 aliphatic rings. The van der Waals surface area contributed by atoms with Crippen molar-refractivity contribution in [3.63, 3.8) is 0 Å². The van der Waals surface area contributed by atoms with E-state index < -0.39 is 0 Å². The van der Waals surface area contributed by atoms with Crippen LogP contribution >= 0.6 is 0 Å². The molecule has 21 heavy (non-hydrogen) atoms. The predicted molar refractivity (Wildman–Crippen MR) is 76.3 cm³/mol. The van der Waals surface area contributed by atoms with Crippen molar-refractivity contribution in [3.05, 3.63) is 35.5 Å². The molecule has 0 radical (unpaired) electrons. The van der Waals surface area contributed by atoms with Crippen LogP contribution in [-0.4, -0.2) is 23.3 Å². The third-order valence-electron chi connectivity index (χ3n) is 3.34. The average molecular weight is 289 g/mol. The number of ether oxygens (including phenoxy) is 2. The van der Waals surface area contributed by atoms with E-state index in [2.05, 4.69) is 22.4 Å². The molecule has 1 aromatic carbocycles. The maximum atomic E-state index is 5.71. The standard InChI is InChI=1S/C15H19N3O3/c1-3-6-16-13-8-20-14-7-11(4-5-12(13)14)19-9-15-18-17-10(2)21-15/h4-5,7,13,16H,3,6,8-9H2,1-2H3. The number of hydrogen-bond donors (Lipinski definition) is 1. The first-order valence-electron chi connectivity index (χ1n) is 7.18. The first kappa shape index (κ1) is 13.9. The van der Waals surface area contributed by atoms with Gasteiger partial charge in [-0.25, -0.2) is 0 Å². The molecule has 0 fully saturated rings. The molecule has 1 N–H and O–H groups in total. The lowest BCUT2D eigenvalue weighted by Gasteiger charge is -2.10. The fourth-order valence-corrected chi connectivity index (χ4v) is 2.31. The van der Waals surface area contributed by atoms with Gasteiger partial charge in [0.25, 0.3) is 5.89 Å². The van der Waals surface area contributed by atoms with Crippen LogP contribution in [-0.2, 0) is 6.61 Å². The fraction of sp³-hybridized carbons (Fsp3) is 0.467. The van der Waals surface area contributed by atoms with Crippen molar-refractivity contribution in [2.24, 2.45) is 0 Å². The predicted octanol–water partition coefficient (Wildman–Crippen LogP) is 2.39. The van der Waals surface area contributed by atoms with Crippen molar-refractivity contribution >= 4 is 0 Å². The minimum Gasteiger partial charge on any atom is -0.491 e. The first-order chi connectivity index (χ1) is 10.3. The zero-order valence-corrected chi connectivity index (χ0v) is 12.3. The minimum atomic E-state index is 0.261. The van der Waals surface area contributed by atoms with Crippen LogP contribution in [0.5, 0.6) is 11.5 Å². The lowest BCUT2D eigenvalue weighted by molar-refractivity contribution is 0.258. The van der Waals surface area contributed by atoms with E-state index in [1.807, 2.05) is 18.2 Å². The van der Waals surface area contributed by atoms with Gasteiger partial charge < -0.3 is 19.2 Å².